The number of hydrogen-bond donors (Lipinski definition) is 0. The Morgan fingerprint density at radius 1 is 1.22 bits per heavy atom. The van der Waals surface area contributed by atoms with Crippen molar-refractivity contribution in [3.05, 3.63) is 58.4 Å². The number of carbonyl (C=O) groups is 1. The quantitative estimate of drug-likeness (QED) is 0.471. The third-order valence-corrected chi connectivity index (χ3v) is 4.98. The third kappa shape index (κ3) is 5.77. The molecule has 0 aromatic heterocycles. The van der Waals surface area contributed by atoms with Gasteiger partial charge in [0, 0.05) is 18.5 Å². The fourth-order valence-electron chi connectivity index (χ4n) is 2.24. The van der Waals surface area contributed by atoms with Gasteiger partial charge in [-0.05, 0) is 35.9 Å². The summed E-state index contributed by atoms with van der Waals surface area (Å²) in [6, 6.07) is 7.86. The summed E-state index contributed by atoms with van der Waals surface area (Å²) in [5.74, 6) is -0.800. The zero-order valence-electron chi connectivity index (χ0n) is 14.4. The van der Waals surface area contributed by atoms with E-state index in [9.17, 15) is 22.4 Å². The second-order valence-corrected chi connectivity index (χ2v) is 7.10. The second kappa shape index (κ2) is 8.84. The Kier molecular flexibility index (Phi) is 7.00. The van der Waals surface area contributed by atoms with Gasteiger partial charge < -0.3 is 9.64 Å². The van der Waals surface area contributed by atoms with Crippen molar-refractivity contribution in [2.24, 2.45) is 0 Å². The number of alkyl halides is 3. The van der Waals surface area contributed by atoms with E-state index in [4.69, 9.17) is 16.3 Å². The number of nitrogens with zero attached hydrogens (tertiary/aromatic N) is 1. The highest BCUT2D eigenvalue weighted by molar-refractivity contribution is 8.00. The first-order valence-electron chi connectivity index (χ1n) is 7.67. The first kappa shape index (κ1) is 21.4. The highest BCUT2D eigenvalue weighted by Crippen LogP contribution is 2.37. The first-order chi connectivity index (χ1) is 12.6. The van der Waals surface area contributed by atoms with E-state index in [-0.39, 0.29) is 28.8 Å². The van der Waals surface area contributed by atoms with Crippen LogP contribution in [0, 0.1) is 5.82 Å². The van der Waals surface area contributed by atoms with E-state index < -0.39 is 22.6 Å². The zero-order chi connectivity index (χ0) is 20.2. The molecule has 0 N–H and O–H groups in total. The maximum atomic E-state index is 13.7. The van der Waals surface area contributed by atoms with Crippen molar-refractivity contribution in [1.82, 2.24) is 4.90 Å². The van der Waals surface area contributed by atoms with Gasteiger partial charge in [0.1, 0.15) is 0 Å². The van der Waals surface area contributed by atoms with Crippen LogP contribution >= 0.6 is 23.4 Å². The van der Waals surface area contributed by atoms with Gasteiger partial charge in [0.25, 0.3) is 0 Å². The number of benzene rings is 2. The Bertz CT molecular complexity index is 829. The van der Waals surface area contributed by atoms with Gasteiger partial charge in [-0.25, -0.2) is 4.39 Å². The molecule has 0 aliphatic heterocycles. The summed E-state index contributed by atoms with van der Waals surface area (Å²) in [5, 5.41) is -0.392. The van der Waals surface area contributed by atoms with E-state index in [0.717, 1.165) is 23.9 Å². The lowest BCUT2D eigenvalue weighted by Crippen LogP contribution is -2.27. The molecular weight excluding hydrogens is 406 g/mol. The second-order valence-electron chi connectivity index (χ2n) is 5.65. The molecule has 0 radical (unpaired) electrons. The van der Waals surface area contributed by atoms with Crippen LogP contribution in [0.5, 0.6) is 5.75 Å². The predicted molar refractivity (Wildman–Crippen MR) is 96.6 cm³/mol. The lowest BCUT2D eigenvalue weighted by molar-refractivity contribution is -0.137. The minimum atomic E-state index is -4.56. The summed E-state index contributed by atoms with van der Waals surface area (Å²) in [6.07, 6.45) is -4.56. The molecule has 0 heterocycles. The van der Waals surface area contributed by atoms with Crippen LogP contribution in [0.4, 0.5) is 17.6 Å². The number of hydrogen-bond acceptors (Lipinski definition) is 3. The Morgan fingerprint density at radius 3 is 2.52 bits per heavy atom. The van der Waals surface area contributed by atoms with Gasteiger partial charge in [-0.2, -0.15) is 13.2 Å². The Hall–Kier alpha value is -1.93. The first-order valence-corrected chi connectivity index (χ1v) is 9.04. The summed E-state index contributed by atoms with van der Waals surface area (Å²) in [5.41, 5.74) is -0.372. The Morgan fingerprint density at radius 2 is 1.93 bits per heavy atom. The van der Waals surface area contributed by atoms with Crippen LogP contribution in [-0.2, 0) is 17.5 Å². The molecule has 146 valence electrons. The number of ether oxygens (including phenoxy) is 1. The molecule has 9 heteroatoms. The molecule has 0 saturated carbocycles. The number of methoxy groups -OCH3 is 1. The van der Waals surface area contributed by atoms with Crippen molar-refractivity contribution in [2.45, 2.75) is 17.6 Å². The normalized spacial score (nSPS) is 11.4. The van der Waals surface area contributed by atoms with Gasteiger partial charge in [-0.15, -0.1) is 11.8 Å². The highest BCUT2D eigenvalue weighted by Gasteiger charge is 2.33. The summed E-state index contributed by atoms with van der Waals surface area (Å²) in [6.45, 7) is 0.161. The SMILES string of the molecule is COc1ccc(CN(C)C(=O)CSc2ccc(Cl)c(C(F)(F)F)c2)cc1F. The van der Waals surface area contributed by atoms with Crippen molar-refractivity contribution in [2.75, 3.05) is 19.9 Å². The molecule has 2 rings (SSSR count). The van der Waals surface area contributed by atoms with Crippen LogP contribution in [0.25, 0.3) is 0 Å². The standard InChI is InChI=1S/C18H16ClF4NO2S/c1-24(9-11-3-6-16(26-2)15(20)7-11)17(25)10-27-12-4-5-14(19)13(8-12)18(21,22)23/h3-8H,9-10H2,1-2H3. The lowest BCUT2D eigenvalue weighted by Gasteiger charge is -2.18. The molecule has 0 fully saturated rings. The minimum absolute atomic E-state index is 0.0614. The Balaban J connectivity index is 1.98. The maximum absolute atomic E-state index is 13.7. The summed E-state index contributed by atoms with van der Waals surface area (Å²) >= 11 is 6.55. The van der Waals surface area contributed by atoms with Gasteiger partial charge in [-0.3, -0.25) is 4.79 Å². The van der Waals surface area contributed by atoms with Crippen molar-refractivity contribution in [3.63, 3.8) is 0 Å². The van der Waals surface area contributed by atoms with Crippen LogP contribution in [0.2, 0.25) is 5.02 Å². The molecule has 2 aromatic carbocycles. The van der Waals surface area contributed by atoms with Gasteiger partial charge in [-0.1, -0.05) is 17.7 Å². The molecule has 0 aliphatic rings. The molecule has 27 heavy (non-hydrogen) atoms. The molecule has 2 aromatic rings. The smallest absolute Gasteiger partial charge is 0.417 e. The summed E-state index contributed by atoms with van der Waals surface area (Å²) < 4.78 is 57.2. The van der Waals surface area contributed by atoms with E-state index in [1.165, 1.54) is 37.3 Å². The molecule has 0 saturated heterocycles. The van der Waals surface area contributed by atoms with Crippen molar-refractivity contribution in [3.8, 4) is 5.75 Å². The number of halogens is 5. The monoisotopic (exact) mass is 421 g/mol. The van der Waals surface area contributed by atoms with Crippen LogP contribution in [-0.4, -0.2) is 30.7 Å². The van der Waals surface area contributed by atoms with Crippen LogP contribution in [0.3, 0.4) is 0 Å². The van der Waals surface area contributed by atoms with Crippen LogP contribution in [0.15, 0.2) is 41.3 Å². The zero-order valence-corrected chi connectivity index (χ0v) is 16.0. The van der Waals surface area contributed by atoms with Crippen molar-refractivity contribution < 1.29 is 27.1 Å². The molecule has 0 spiro atoms. The van der Waals surface area contributed by atoms with Gasteiger partial charge >= 0.3 is 6.18 Å². The van der Waals surface area contributed by atoms with E-state index in [2.05, 4.69) is 0 Å². The third-order valence-electron chi connectivity index (χ3n) is 3.67. The van der Waals surface area contributed by atoms with Gasteiger partial charge in [0.05, 0.1) is 23.4 Å². The molecular formula is C18H16ClF4NO2S. The molecule has 0 unspecified atom stereocenters. The van der Waals surface area contributed by atoms with E-state index in [1.807, 2.05) is 0 Å². The number of amides is 1. The van der Waals surface area contributed by atoms with Gasteiger partial charge in [0.2, 0.25) is 5.91 Å². The van der Waals surface area contributed by atoms with Crippen LogP contribution in [0.1, 0.15) is 11.1 Å². The highest BCUT2D eigenvalue weighted by atomic mass is 35.5. The largest absolute Gasteiger partial charge is 0.494 e. The average Bonchev–Trinajstić information content (AvgIpc) is 2.59. The molecule has 1 amide bonds. The van der Waals surface area contributed by atoms with Crippen LogP contribution < -0.4 is 4.74 Å². The number of thioether (sulfide) groups is 1. The number of carbonyl (C=O) groups excluding carboxylic acids is 1. The van der Waals surface area contributed by atoms with E-state index in [1.54, 1.807) is 6.07 Å². The van der Waals surface area contributed by atoms with Crippen molar-refractivity contribution in [1.29, 1.82) is 0 Å². The fourth-order valence-corrected chi connectivity index (χ4v) is 3.34. The maximum Gasteiger partial charge on any atom is 0.417 e. The van der Waals surface area contributed by atoms with E-state index in [0.29, 0.717) is 5.56 Å². The molecule has 3 nitrogen and oxygen atoms in total. The number of rotatable bonds is 6. The molecule has 0 bridgehead atoms. The predicted octanol–water partition coefficient (Wildman–Crippen LogP) is 5.26. The fraction of sp³-hybridized carbons (Fsp3) is 0.278. The topological polar surface area (TPSA) is 29.5 Å². The van der Waals surface area contributed by atoms with Crippen molar-refractivity contribution >= 4 is 29.3 Å². The van der Waals surface area contributed by atoms with Gasteiger partial charge in [0.15, 0.2) is 11.6 Å². The average molecular weight is 422 g/mol. The molecule has 0 atom stereocenters. The summed E-state index contributed by atoms with van der Waals surface area (Å²) in [4.78, 5) is 13.9. The van der Waals surface area contributed by atoms with E-state index >= 15 is 0 Å². The minimum Gasteiger partial charge on any atom is -0.494 e. The Labute approximate surface area is 163 Å². The lowest BCUT2D eigenvalue weighted by atomic mass is 10.2. The summed E-state index contributed by atoms with van der Waals surface area (Å²) in [7, 11) is 2.89. The molecule has 0 aliphatic carbocycles.